The van der Waals surface area contributed by atoms with Crippen LogP contribution in [0.25, 0.3) is 0 Å². The van der Waals surface area contributed by atoms with Crippen molar-refractivity contribution in [2.45, 2.75) is 25.0 Å². The number of piperazine rings is 1. The van der Waals surface area contributed by atoms with Crippen LogP contribution < -0.4 is 4.90 Å². The minimum Gasteiger partial charge on any atom is -0.389 e. The van der Waals surface area contributed by atoms with E-state index < -0.39 is 6.10 Å². The van der Waals surface area contributed by atoms with Crippen LogP contribution in [-0.2, 0) is 9.47 Å². The van der Waals surface area contributed by atoms with Crippen LogP contribution in [0.15, 0.2) is 18.3 Å². The molecule has 0 aliphatic carbocycles. The van der Waals surface area contributed by atoms with Gasteiger partial charge in [-0.25, -0.2) is 4.98 Å². The molecule has 2 atom stereocenters. The molecule has 136 valence electrons. The highest BCUT2D eigenvalue weighted by Gasteiger charge is 2.21. The molecule has 1 aromatic rings. The first-order valence-electron chi connectivity index (χ1n) is 8.95. The van der Waals surface area contributed by atoms with Gasteiger partial charge in [-0.3, -0.25) is 4.90 Å². The summed E-state index contributed by atoms with van der Waals surface area (Å²) >= 11 is 0. The average Bonchev–Trinajstić information content (AvgIpc) is 3.16. The average molecular weight is 346 g/mol. The number of aliphatic hydroxyl groups is 1. The zero-order valence-corrected chi connectivity index (χ0v) is 14.5. The standard InChI is InChI=1S/C18H26N4O3/c19-11-15-3-4-20-18(10-15)22-7-5-21(6-8-22)12-16(23)13-24-14-17-2-1-9-25-17/h3-4,10,16-17,23H,1-2,5-9,12-14H2/t16-,17+/m0/s1. The Labute approximate surface area is 148 Å². The number of pyridine rings is 1. The molecular formula is C18H26N4O3. The summed E-state index contributed by atoms with van der Waals surface area (Å²) < 4.78 is 11.1. The fourth-order valence-corrected chi connectivity index (χ4v) is 3.28. The largest absolute Gasteiger partial charge is 0.389 e. The summed E-state index contributed by atoms with van der Waals surface area (Å²) in [5.74, 6) is 0.846. The Morgan fingerprint density at radius 2 is 2.24 bits per heavy atom. The Hall–Kier alpha value is -1.72. The molecule has 7 heteroatoms. The van der Waals surface area contributed by atoms with E-state index in [1.807, 2.05) is 6.07 Å². The van der Waals surface area contributed by atoms with Crippen molar-refractivity contribution in [1.82, 2.24) is 9.88 Å². The third-order valence-electron chi connectivity index (χ3n) is 4.68. The maximum atomic E-state index is 10.2. The van der Waals surface area contributed by atoms with E-state index >= 15 is 0 Å². The zero-order chi connectivity index (χ0) is 17.5. The molecule has 25 heavy (non-hydrogen) atoms. The van der Waals surface area contributed by atoms with Gasteiger partial charge in [0.1, 0.15) is 5.82 Å². The minimum atomic E-state index is -0.479. The summed E-state index contributed by atoms with van der Waals surface area (Å²) in [5.41, 5.74) is 0.631. The lowest BCUT2D eigenvalue weighted by Gasteiger charge is -2.36. The van der Waals surface area contributed by atoms with Crippen molar-refractivity contribution in [1.29, 1.82) is 5.26 Å². The third kappa shape index (κ3) is 5.38. The number of anilines is 1. The van der Waals surface area contributed by atoms with Gasteiger partial charge in [-0.2, -0.15) is 5.26 Å². The van der Waals surface area contributed by atoms with Gasteiger partial charge in [-0.05, 0) is 25.0 Å². The van der Waals surface area contributed by atoms with E-state index in [-0.39, 0.29) is 6.10 Å². The van der Waals surface area contributed by atoms with E-state index in [1.54, 1.807) is 12.3 Å². The van der Waals surface area contributed by atoms with Gasteiger partial charge in [-0.1, -0.05) is 0 Å². The molecule has 2 saturated heterocycles. The van der Waals surface area contributed by atoms with Crippen molar-refractivity contribution in [3.63, 3.8) is 0 Å². The third-order valence-corrected chi connectivity index (χ3v) is 4.68. The van der Waals surface area contributed by atoms with Gasteiger partial charge in [-0.15, -0.1) is 0 Å². The van der Waals surface area contributed by atoms with Gasteiger partial charge in [0.2, 0.25) is 0 Å². The van der Waals surface area contributed by atoms with E-state index in [4.69, 9.17) is 14.7 Å². The van der Waals surface area contributed by atoms with Crippen LogP contribution in [0.2, 0.25) is 0 Å². The number of nitriles is 1. The molecule has 0 aromatic carbocycles. The van der Waals surface area contributed by atoms with Gasteiger partial charge < -0.3 is 19.5 Å². The molecule has 3 rings (SSSR count). The van der Waals surface area contributed by atoms with Crippen molar-refractivity contribution in [2.75, 3.05) is 57.4 Å². The van der Waals surface area contributed by atoms with E-state index in [2.05, 4.69) is 20.9 Å². The Balaban J connectivity index is 1.36. The number of nitrogens with zero attached hydrogens (tertiary/aromatic N) is 4. The monoisotopic (exact) mass is 346 g/mol. The van der Waals surface area contributed by atoms with Crippen LogP contribution in [0.4, 0.5) is 5.82 Å². The van der Waals surface area contributed by atoms with Crippen LogP contribution in [0.5, 0.6) is 0 Å². The van der Waals surface area contributed by atoms with E-state index in [9.17, 15) is 5.11 Å². The lowest BCUT2D eigenvalue weighted by Crippen LogP contribution is -2.49. The Bertz CT molecular complexity index is 578. The van der Waals surface area contributed by atoms with E-state index in [0.717, 1.165) is 51.4 Å². The molecule has 0 spiro atoms. The highest BCUT2D eigenvalue weighted by Crippen LogP contribution is 2.15. The molecule has 0 amide bonds. The van der Waals surface area contributed by atoms with Gasteiger partial charge in [0.05, 0.1) is 37.1 Å². The molecule has 2 aliphatic heterocycles. The van der Waals surface area contributed by atoms with Crippen LogP contribution >= 0.6 is 0 Å². The zero-order valence-electron chi connectivity index (χ0n) is 14.5. The number of rotatable bonds is 7. The molecule has 2 aliphatic rings. The number of hydrogen-bond donors (Lipinski definition) is 1. The van der Waals surface area contributed by atoms with Crippen molar-refractivity contribution in [3.05, 3.63) is 23.9 Å². The summed E-state index contributed by atoms with van der Waals surface area (Å²) in [6.07, 6.45) is 3.56. The molecule has 7 nitrogen and oxygen atoms in total. The van der Waals surface area contributed by atoms with Gasteiger partial charge in [0, 0.05) is 45.5 Å². The molecule has 3 heterocycles. The Morgan fingerprint density at radius 3 is 2.96 bits per heavy atom. The fraction of sp³-hybridized carbons (Fsp3) is 0.667. The smallest absolute Gasteiger partial charge is 0.129 e. The number of hydrogen-bond acceptors (Lipinski definition) is 7. The number of β-amino-alcohol motifs (C(OH)–C–C–N with tert-alkyl or cyclic N) is 1. The second-order valence-electron chi connectivity index (χ2n) is 6.63. The topological polar surface area (TPSA) is 81.9 Å². The highest BCUT2D eigenvalue weighted by molar-refractivity contribution is 5.45. The second kappa shape index (κ2) is 9.11. The summed E-state index contributed by atoms with van der Waals surface area (Å²) in [4.78, 5) is 8.77. The van der Waals surface area contributed by atoms with E-state index in [0.29, 0.717) is 25.3 Å². The minimum absolute atomic E-state index is 0.201. The first-order valence-corrected chi connectivity index (χ1v) is 8.95. The van der Waals surface area contributed by atoms with Crippen molar-refractivity contribution in [2.24, 2.45) is 0 Å². The molecule has 2 fully saturated rings. The van der Waals surface area contributed by atoms with Crippen LogP contribution in [0, 0.1) is 11.3 Å². The summed E-state index contributed by atoms with van der Waals surface area (Å²) in [6, 6.07) is 5.69. The highest BCUT2D eigenvalue weighted by atomic mass is 16.5. The summed E-state index contributed by atoms with van der Waals surface area (Å²) in [5, 5.41) is 19.1. The lowest BCUT2D eigenvalue weighted by atomic mass is 10.2. The fourth-order valence-electron chi connectivity index (χ4n) is 3.28. The first-order chi connectivity index (χ1) is 12.2. The predicted molar refractivity (Wildman–Crippen MR) is 93.4 cm³/mol. The quantitative estimate of drug-likeness (QED) is 0.775. The van der Waals surface area contributed by atoms with Gasteiger partial charge in [0.15, 0.2) is 0 Å². The Kier molecular flexibility index (Phi) is 6.59. The number of aliphatic hydroxyl groups excluding tert-OH is 1. The predicted octanol–water partition coefficient (Wildman–Crippen LogP) is 0.632. The van der Waals surface area contributed by atoms with Crippen LogP contribution in [-0.4, -0.2) is 79.7 Å². The van der Waals surface area contributed by atoms with Crippen LogP contribution in [0.1, 0.15) is 18.4 Å². The molecule has 0 radical (unpaired) electrons. The molecule has 1 aromatic heterocycles. The van der Waals surface area contributed by atoms with Crippen molar-refractivity contribution >= 4 is 5.82 Å². The molecule has 0 bridgehead atoms. The van der Waals surface area contributed by atoms with Crippen LogP contribution in [0.3, 0.4) is 0 Å². The summed E-state index contributed by atoms with van der Waals surface area (Å²) in [6.45, 7) is 5.77. The SMILES string of the molecule is N#Cc1ccnc(N2CCN(C[C@H](O)COC[C@H]3CCCO3)CC2)c1. The van der Waals surface area contributed by atoms with E-state index in [1.165, 1.54) is 0 Å². The number of aromatic nitrogens is 1. The Morgan fingerprint density at radius 1 is 1.40 bits per heavy atom. The maximum Gasteiger partial charge on any atom is 0.129 e. The summed E-state index contributed by atoms with van der Waals surface area (Å²) in [7, 11) is 0. The first kappa shape index (κ1) is 18.1. The molecule has 0 saturated carbocycles. The normalized spacial score (nSPS) is 22.7. The molecule has 0 unspecified atom stereocenters. The number of ether oxygens (including phenoxy) is 2. The second-order valence-corrected chi connectivity index (χ2v) is 6.63. The van der Waals surface area contributed by atoms with Gasteiger partial charge in [0.25, 0.3) is 0 Å². The van der Waals surface area contributed by atoms with Crippen molar-refractivity contribution in [3.8, 4) is 6.07 Å². The maximum absolute atomic E-state index is 10.2. The van der Waals surface area contributed by atoms with Crippen molar-refractivity contribution < 1.29 is 14.6 Å². The molecular weight excluding hydrogens is 320 g/mol. The molecule has 1 N–H and O–H groups in total. The lowest BCUT2D eigenvalue weighted by molar-refractivity contribution is -0.0254. The van der Waals surface area contributed by atoms with Gasteiger partial charge >= 0.3 is 0 Å².